The number of rotatable bonds is 8. The normalized spacial score (nSPS) is 19.9. The molecule has 2 atom stereocenters. The van der Waals surface area contributed by atoms with Crippen LogP contribution in [0.1, 0.15) is 59.2 Å². The highest BCUT2D eigenvalue weighted by Gasteiger charge is 2.44. The van der Waals surface area contributed by atoms with Gasteiger partial charge >= 0.3 is 0 Å². The van der Waals surface area contributed by atoms with Crippen molar-refractivity contribution in [1.82, 2.24) is 44.8 Å². The summed E-state index contributed by atoms with van der Waals surface area (Å²) in [5, 5.41) is 11.8. The van der Waals surface area contributed by atoms with Crippen molar-refractivity contribution in [2.45, 2.75) is 64.1 Å². The molecule has 4 fully saturated rings. The third kappa shape index (κ3) is 5.18. The van der Waals surface area contributed by atoms with Crippen LogP contribution in [0.5, 0.6) is 0 Å². The number of halogens is 1. The minimum atomic E-state index is -0.232. The first-order chi connectivity index (χ1) is 20.9. The number of piperazine rings is 1. The Bertz CT molecular complexity index is 1760. The van der Waals surface area contributed by atoms with E-state index in [0.717, 1.165) is 72.2 Å². The summed E-state index contributed by atoms with van der Waals surface area (Å²) in [7, 11) is 0. The number of nitrogens with zero attached hydrogens (tertiary/aromatic N) is 9. The molecule has 4 aliphatic rings. The smallest absolute Gasteiger partial charge is 0.165 e. The van der Waals surface area contributed by atoms with E-state index in [1.54, 1.807) is 4.68 Å². The van der Waals surface area contributed by atoms with Crippen LogP contribution < -0.4 is 4.90 Å². The molecule has 2 unspecified atom stereocenters. The molecule has 3 aliphatic heterocycles. The quantitative estimate of drug-likeness (QED) is 0.287. The first-order valence-corrected chi connectivity index (χ1v) is 15.0. The molecule has 9 rings (SSSR count). The van der Waals surface area contributed by atoms with Gasteiger partial charge in [0.2, 0.25) is 0 Å². The van der Waals surface area contributed by atoms with Crippen molar-refractivity contribution in [1.29, 1.82) is 0 Å². The van der Waals surface area contributed by atoms with Crippen LogP contribution in [0.15, 0.2) is 55.0 Å². The van der Waals surface area contributed by atoms with E-state index in [2.05, 4.69) is 53.3 Å². The minimum absolute atomic E-state index is 0.232. The fourth-order valence-electron chi connectivity index (χ4n) is 6.42. The molecule has 3 saturated heterocycles. The summed E-state index contributed by atoms with van der Waals surface area (Å²) < 4.78 is 15.8. The lowest BCUT2D eigenvalue weighted by Crippen LogP contribution is -2.68. The van der Waals surface area contributed by atoms with Gasteiger partial charge in [-0.1, -0.05) is 6.07 Å². The summed E-state index contributed by atoms with van der Waals surface area (Å²) in [4.78, 5) is 23.8. The Morgan fingerprint density at radius 1 is 0.930 bits per heavy atom. The molecule has 8 heterocycles. The molecule has 10 nitrogen and oxygen atoms in total. The van der Waals surface area contributed by atoms with Crippen molar-refractivity contribution in [2.75, 3.05) is 18.0 Å². The Morgan fingerprint density at radius 2 is 1.74 bits per heavy atom. The number of anilines is 1. The van der Waals surface area contributed by atoms with E-state index in [0.29, 0.717) is 35.8 Å². The van der Waals surface area contributed by atoms with E-state index in [4.69, 9.17) is 9.97 Å². The van der Waals surface area contributed by atoms with Crippen LogP contribution in [-0.2, 0) is 13.0 Å². The predicted molar refractivity (Wildman–Crippen MR) is 159 cm³/mol. The summed E-state index contributed by atoms with van der Waals surface area (Å²) >= 11 is 0. The summed E-state index contributed by atoms with van der Waals surface area (Å²) in [5.74, 6) is 2.37. The standard InChI is InChI=1S/C32H33FN10/c1-19-9-24(11-25-10-20(2)38-39-25)37-32(36-19)23-6-8-29(35-14-23)41-16-26-12-27(17-41)42(26)15-21-3-7-30(34-13-21)43-18-28(33)31(40-43)22-4-5-22/h3,6-10,13-14,18,22,26-27H,4-5,11-12,15-17H2,1-2H3,(H,38,39). The number of piperidine rings is 1. The van der Waals surface area contributed by atoms with Crippen molar-refractivity contribution in [2.24, 2.45) is 0 Å². The van der Waals surface area contributed by atoms with Crippen LogP contribution in [-0.4, -0.2) is 70.0 Å². The number of aromatic amines is 1. The molecule has 0 radical (unpaired) electrons. The fraction of sp³-hybridized carbons (Fsp3) is 0.375. The van der Waals surface area contributed by atoms with Crippen molar-refractivity contribution in [3.05, 3.63) is 94.8 Å². The summed E-state index contributed by atoms with van der Waals surface area (Å²) in [5.41, 5.74) is 6.51. The zero-order valence-corrected chi connectivity index (χ0v) is 24.3. The lowest BCUT2D eigenvalue weighted by Gasteiger charge is -2.56. The van der Waals surface area contributed by atoms with E-state index < -0.39 is 0 Å². The molecule has 43 heavy (non-hydrogen) atoms. The predicted octanol–water partition coefficient (Wildman–Crippen LogP) is 4.53. The van der Waals surface area contributed by atoms with Gasteiger partial charge in [-0.25, -0.2) is 29.0 Å². The minimum Gasteiger partial charge on any atom is -0.353 e. The van der Waals surface area contributed by atoms with E-state index in [1.807, 2.05) is 44.4 Å². The highest BCUT2D eigenvalue weighted by molar-refractivity contribution is 5.57. The molecular formula is C32H33FN10. The maximum absolute atomic E-state index is 14.2. The van der Waals surface area contributed by atoms with Crippen molar-refractivity contribution >= 4 is 5.82 Å². The molecule has 2 bridgehead atoms. The Hall–Kier alpha value is -4.51. The number of nitrogens with one attached hydrogen (secondary N) is 1. The van der Waals surface area contributed by atoms with Crippen molar-refractivity contribution in [3.8, 4) is 17.2 Å². The van der Waals surface area contributed by atoms with Crippen LogP contribution in [0, 0.1) is 19.7 Å². The maximum Gasteiger partial charge on any atom is 0.165 e. The number of hydrogen-bond acceptors (Lipinski definition) is 8. The Kier molecular flexibility index (Phi) is 6.28. The summed E-state index contributed by atoms with van der Waals surface area (Å²) in [6, 6.07) is 13.2. The van der Waals surface area contributed by atoms with Crippen molar-refractivity contribution in [3.63, 3.8) is 0 Å². The molecule has 218 valence electrons. The third-order valence-electron chi connectivity index (χ3n) is 8.77. The van der Waals surface area contributed by atoms with Crippen LogP contribution in [0.3, 0.4) is 0 Å². The molecule has 0 amide bonds. The SMILES string of the molecule is Cc1cc(Cc2cc(C)[nH]n2)nc(-c2ccc(N3CC4CC(C3)N4Cc3ccc(-n4cc(F)c(C5CC5)n4)nc3)nc2)n1. The zero-order valence-electron chi connectivity index (χ0n) is 24.3. The van der Waals surface area contributed by atoms with Gasteiger partial charge in [0.25, 0.3) is 0 Å². The summed E-state index contributed by atoms with van der Waals surface area (Å²) in [6.45, 7) is 6.73. The van der Waals surface area contributed by atoms with E-state index in [-0.39, 0.29) is 11.7 Å². The van der Waals surface area contributed by atoms with Gasteiger partial charge in [-0.2, -0.15) is 10.2 Å². The number of hydrogen-bond donors (Lipinski definition) is 1. The molecule has 1 saturated carbocycles. The first-order valence-electron chi connectivity index (χ1n) is 15.0. The number of aromatic nitrogens is 8. The second kappa shape index (κ2) is 10.3. The number of aryl methyl sites for hydroxylation is 2. The van der Waals surface area contributed by atoms with Gasteiger partial charge in [-0.05, 0) is 69.0 Å². The molecule has 0 aromatic carbocycles. The molecule has 5 aromatic heterocycles. The van der Waals surface area contributed by atoms with Crippen LogP contribution in [0.2, 0.25) is 0 Å². The average Bonchev–Trinajstić information content (AvgIpc) is 3.67. The number of pyridine rings is 2. The monoisotopic (exact) mass is 576 g/mol. The number of H-pyrrole nitrogens is 1. The molecular weight excluding hydrogens is 543 g/mol. The van der Waals surface area contributed by atoms with Gasteiger partial charge in [0.1, 0.15) is 11.5 Å². The van der Waals surface area contributed by atoms with E-state index in [1.165, 1.54) is 12.6 Å². The van der Waals surface area contributed by atoms with Crippen LogP contribution in [0.25, 0.3) is 17.2 Å². The fourth-order valence-corrected chi connectivity index (χ4v) is 6.42. The molecule has 11 heteroatoms. The highest BCUT2D eigenvalue weighted by Crippen LogP contribution is 2.40. The second-order valence-corrected chi connectivity index (χ2v) is 12.2. The van der Waals surface area contributed by atoms with Crippen LogP contribution >= 0.6 is 0 Å². The Balaban J connectivity index is 0.900. The third-order valence-corrected chi connectivity index (χ3v) is 8.77. The second-order valence-electron chi connectivity index (χ2n) is 12.2. The molecule has 5 aromatic rings. The zero-order chi connectivity index (χ0) is 29.1. The van der Waals surface area contributed by atoms with Crippen LogP contribution in [0.4, 0.5) is 10.2 Å². The van der Waals surface area contributed by atoms with E-state index >= 15 is 0 Å². The topological polar surface area (TPSA) is 105 Å². The van der Waals surface area contributed by atoms with Gasteiger partial charge in [0.05, 0.1) is 17.6 Å². The van der Waals surface area contributed by atoms with Gasteiger partial charge < -0.3 is 4.90 Å². The summed E-state index contributed by atoms with van der Waals surface area (Å²) in [6.07, 6.45) is 9.13. The number of fused-ring (bicyclic) bond motifs is 2. The van der Waals surface area contributed by atoms with Gasteiger partial charge in [0, 0.05) is 73.4 Å². The lowest BCUT2D eigenvalue weighted by molar-refractivity contribution is -0.00875. The van der Waals surface area contributed by atoms with Crippen molar-refractivity contribution < 1.29 is 4.39 Å². The van der Waals surface area contributed by atoms with Gasteiger partial charge in [-0.3, -0.25) is 10.00 Å². The van der Waals surface area contributed by atoms with Gasteiger partial charge in [0.15, 0.2) is 17.5 Å². The highest BCUT2D eigenvalue weighted by atomic mass is 19.1. The first kappa shape index (κ1) is 26.1. The molecule has 1 aliphatic carbocycles. The Morgan fingerprint density at radius 3 is 2.44 bits per heavy atom. The molecule has 1 N–H and O–H groups in total. The average molecular weight is 577 g/mol. The van der Waals surface area contributed by atoms with E-state index in [9.17, 15) is 4.39 Å². The largest absolute Gasteiger partial charge is 0.353 e. The maximum atomic E-state index is 14.2. The van der Waals surface area contributed by atoms with Gasteiger partial charge in [-0.15, -0.1) is 0 Å². The Labute approximate surface area is 249 Å². The molecule has 0 spiro atoms. The lowest BCUT2D eigenvalue weighted by atomic mass is 9.87.